The Bertz CT molecular complexity index is 915. The van der Waals surface area contributed by atoms with Gasteiger partial charge in [-0.3, -0.25) is 14.0 Å². The zero-order chi connectivity index (χ0) is 14.3. The van der Waals surface area contributed by atoms with Gasteiger partial charge in [-0.25, -0.2) is 9.67 Å². The van der Waals surface area contributed by atoms with E-state index < -0.39 is 5.56 Å². The Morgan fingerprint density at radius 3 is 2.90 bits per heavy atom. The van der Waals surface area contributed by atoms with Crippen LogP contribution < -0.4 is 11.1 Å². The molecule has 3 aromatic rings. The lowest BCUT2D eigenvalue weighted by molar-refractivity contribution is 0.627. The van der Waals surface area contributed by atoms with Crippen molar-refractivity contribution in [1.29, 1.82) is 0 Å². The second kappa shape index (κ2) is 5.01. The molecular formula is C11H6Cl2N4O2S. The molecule has 0 N–H and O–H groups in total. The molecule has 0 atom stereocenters. The molecule has 0 radical (unpaired) electrons. The molecule has 0 bridgehead atoms. The van der Waals surface area contributed by atoms with Crippen LogP contribution in [-0.4, -0.2) is 19.2 Å². The van der Waals surface area contributed by atoms with Gasteiger partial charge < -0.3 is 0 Å². The minimum Gasteiger partial charge on any atom is -0.269 e. The summed E-state index contributed by atoms with van der Waals surface area (Å²) in [6, 6.07) is 1.36. The van der Waals surface area contributed by atoms with E-state index in [0.717, 1.165) is 4.68 Å². The van der Waals surface area contributed by atoms with Crippen molar-refractivity contribution in [3.05, 3.63) is 60.3 Å². The van der Waals surface area contributed by atoms with Gasteiger partial charge in [-0.15, -0.1) is 11.3 Å². The monoisotopic (exact) mass is 328 g/mol. The lowest BCUT2D eigenvalue weighted by Crippen LogP contribution is -2.25. The third kappa shape index (κ3) is 2.24. The maximum atomic E-state index is 11.9. The summed E-state index contributed by atoms with van der Waals surface area (Å²) in [7, 11) is 0. The highest BCUT2D eigenvalue weighted by Gasteiger charge is 2.10. The Morgan fingerprint density at radius 1 is 1.30 bits per heavy atom. The van der Waals surface area contributed by atoms with Crippen LogP contribution in [0.5, 0.6) is 0 Å². The molecule has 0 unspecified atom stereocenters. The van der Waals surface area contributed by atoms with E-state index in [-0.39, 0.29) is 22.1 Å². The number of aromatic nitrogens is 4. The average molecular weight is 329 g/mol. The summed E-state index contributed by atoms with van der Waals surface area (Å²) in [6.07, 6.45) is 2.92. The molecule has 0 fully saturated rings. The van der Waals surface area contributed by atoms with Crippen LogP contribution in [0.4, 0.5) is 0 Å². The van der Waals surface area contributed by atoms with Crippen molar-refractivity contribution in [2.24, 2.45) is 0 Å². The molecule has 6 nitrogen and oxygen atoms in total. The van der Waals surface area contributed by atoms with Crippen molar-refractivity contribution >= 4 is 39.5 Å². The molecular weight excluding hydrogens is 323 g/mol. The molecule has 102 valence electrons. The van der Waals surface area contributed by atoms with E-state index in [1.165, 1.54) is 28.0 Å². The fourth-order valence-electron chi connectivity index (χ4n) is 1.68. The Hall–Kier alpha value is -1.70. The Balaban J connectivity index is 2.08. The molecule has 0 aliphatic carbocycles. The predicted octanol–water partition coefficient (Wildman–Crippen LogP) is 1.67. The topological polar surface area (TPSA) is 69.3 Å². The predicted molar refractivity (Wildman–Crippen MR) is 77.0 cm³/mol. The number of fused-ring (bicyclic) bond motifs is 1. The fourth-order valence-corrected chi connectivity index (χ4v) is 2.69. The molecule has 0 amide bonds. The van der Waals surface area contributed by atoms with Gasteiger partial charge in [0.05, 0.1) is 23.5 Å². The molecule has 3 rings (SSSR count). The first-order valence-corrected chi connectivity index (χ1v) is 7.07. The summed E-state index contributed by atoms with van der Waals surface area (Å²) in [6.45, 7) is 0.0549. The van der Waals surface area contributed by atoms with E-state index in [1.54, 1.807) is 11.6 Å². The minimum absolute atomic E-state index is 0.0549. The fraction of sp³-hybridized carbons (Fsp3) is 0.0909. The number of nitrogens with zero attached hydrogens (tertiary/aromatic N) is 4. The molecule has 3 aromatic heterocycles. The van der Waals surface area contributed by atoms with Crippen LogP contribution in [-0.2, 0) is 6.54 Å². The smallest absolute Gasteiger partial charge is 0.269 e. The van der Waals surface area contributed by atoms with Crippen LogP contribution in [0.25, 0.3) is 4.96 Å². The first kappa shape index (κ1) is 13.3. The Kier molecular flexibility index (Phi) is 3.33. The third-order valence-electron chi connectivity index (χ3n) is 2.61. The second-order valence-electron chi connectivity index (χ2n) is 3.91. The maximum Gasteiger partial charge on any atom is 0.287 e. The zero-order valence-corrected chi connectivity index (χ0v) is 12.1. The molecule has 0 saturated carbocycles. The van der Waals surface area contributed by atoms with Crippen LogP contribution in [0.2, 0.25) is 10.0 Å². The number of hydrogen-bond acceptors (Lipinski definition) is 5. The standard InChI is InChI=1S/C11H6Cl2N4O2S/c12-7-4-14-17(10(19)9(7)13)5-6-3-8(18)16-1-2-20-11(16)15-6/h1-4H,5H2. The molecule has 0 aromatic carbocycles. The molecule has 3 heterocycles. The highest BCUT2D eigenvalue weighted by Crippen LogP contribution is 2.15. The van der Waals surface area contributed by atoms with E-state index in [4.69, 9.17) is 23.2 Å². The second-order valence-corrected chi connectivity index (χ2v) is 5.57. The minimum atomic E-state index is -0.521. The van der Waals surface area contributed by atoms with Crippen molar-refractivity contribution in [2.45, 2.75) is 6.54 Å². The maximum absolute atomic E-state index is 11.9. The van der Waals surface area contributed by atoms with Gasteiger partial charge >= 0.3 is 0 Å². The van der Waals surface area contributed by atoms with Crippen molar-refractivity contribution < 1.29 is 0 Å². The van der Waals surface area contributed by atoms with Crippen molar-refractivity contribution in [3.8, 4) is 0 Å². The summed E-state index contributed by atoms with van der Waals surface area (Å²) >= 11 is 12.8. The highest BCUT2D eigenvalue weighted by atomic mass is 35.5. The van der Waals surface area contributed by atoms with Crippen LogP contribution in [0.1, 0.15) is 5.69 Å². The van der Waals surface area contributed by atoms with E-state index in [2.05, 4.69) is 10.1 Å². The Morgan fingerprint density at radius 2 is 2.10 bits per heavy atom. The number of halogens is 2. The summed E-state index contributed by atoms with van der Waals surface area (Å²) < 4.78 is 2.54. The van der Waals surface area contributed by atoms with E-state index in [0.29, 0.717) is 10.7 Å². The SMILES string of the molecule is O=c1c(Cl)c(Cl)cnn1Cc1cc(=O)n2ccsc2n1. The Labute approximate surface area is 125 Å². The van der Waals surface area contributed by atoms with Gasteiger partial charge in [0.25, 0.3) is 11.1 Å². The zero-order valence-electron chi connectivity index (χ0n) is 9.79. The number of rotatable bonds is 2. The third-order valence-corrected chi connectivity index (χ3v) is 4.12. The first-order valence-electron chi connectivity index (χ1n) is 5.43. The van der Waals surface area contributed by atoms with Crippen LogP contribution in [0.15, 0.2) is 33.4 Å². The quantitative estimate of drug-likeness (QED) is 0.717. The highest BCUT2D eigenvalue weighted by molar-refractivity contribution is 7.15. The molecule has 0 aliphatic rings. The van der Waals surface area contributed by atoms with E-state index in [9.17, 15) is 9.59 Å². The van der Waals surface area contributed by atoms with Gasteiger partial charge in [-0.05, 0) is 0 Å². The van der Waals surface area contributed by atoms with Crippen LogP contribution >= 0.6 is 34.5 Å². The summed E-state index contributed by atoms with van der Waals surface area (Å²) in [5.74, 6) is 0. The van der Waals surface area contributed by atoms with Crippen LogP contribution in [0, 0.1) is 0 Å². The molecule has 0 saturated heterocycles. The normalized spacial score (nSPS) is 11.1. The van der Waals surface area contributed by atoms with Crippen LogP contribution in [0.3, 0.4) is 0 Å². The molecule has 20 heavy (non-hydrogen) atoms. The molecule has 0 spiro atoms. The van der Waals surface area contributed by atoms with Gasteiger partial charge in [0.15, 0.2) is 4.96 Å². The number of thiazole rings is 1. The van der Waals surface area contributed by atoms with Gasteiger partial charge in [-0.1, -0.05) is 23.2 Å². The van der Waals surface area contributed by atoms with Crippen molar-refractivity contribution in [2.75, 3.05) is 0 Å². The first-order chi connectivity index (χ1) is 9.56. The van der Waals surface area contributed by atoms with Gasteiger partial charge in [0.1, 0.15) is 5.02 Å². The summed E-state index contributed by atoms with van der Waals surface area (Å²) in [4.78, 5) is 28.5. The van der Waals surface area contributed by atoms with E-state index in [1.807, 2.05) is 0 Å². The average Bonchev–Trinajstić information content (AvgIpc) is 2.88. The summed E-state index contributed by atoms with van der Waals surface area (Å²) in [5, 5.41) is 5.63. The lowest BCUT2D eigenvalue weighted by atomic mass is 10.4. The van der Waals surface area contributed by atoms with Gasteiger partial charge in [0, 0.05) is 17.6 Å². The largest absolute Gasteiger partial charge is 0.287 e. The van der Waals surface area contributed by atoms with Gasteiger partial charge in [0.2, 0.25) is 0 Å². The van der Waals surface area contributed by atoms with E-state index >= 15 is 0 Å². The molecule has 9 heteroatoms. The van der Waals surface area contributed by atoms with Crippen molar-refractivity contribution in [3.63, 3.8) is 0 Å². The number of hydrogen-bond donors (Lipinski definition) is 0. The van der Waals surface area contributed by atoms with Gasteiger partial charge in [-0.2, -0.15) is 5.10 Å². The van der Waals surface area contributed by atoms with Crippen molar-refractivity contribution in [1.82, 2.24) is 19.2 Å². The lowest BCUT2D eigenvalue weighted by Gasteiger charge is -2.05. The molecule has 0 aliphatic heterocycles. The summed E-state index contributed by atoms with van der Waals surface area (Å²) in [5.41, 5.74) is -0.294.